The fourth-order valence-electron chi connectivity index (χ4n) is 0.712. The summed E-state index contributed by atoms with van der Waals surface area (Å²) in [6, 6.07) is 2.10. The Bertz CT molecular complexity index is 165. The average molecular weight is 108 g/mol. The molecule has 1 heterocycles. The first-order valence-electron chi connectivity index (χ1n) is 2.76. The highest BCUT2D eigenvalue weighted by atomic mass is 14.7. The van der Waals surface area contributed by atoms with Crippen molar-refractivity contribution in [1.29, 1.82) is 0 Å². The first-order valence-corrected chi connectivity index (χ1v) is 2.76. The summed E-state index contributed by atoms with van der Waals surface area (Å²) in [5, 5.41) is 0. The molecule has 0 atom stereocenters. The minimum absolute atomic E-state index is 0.879. The molecule has 1 heteroatoms. The Labute approximate surface area is 49.7 Å². The molecule has 8 heavy (non-hydrogen) atoms. The fourth-order valence-corrected chi connectivity index (χ4v) is 0.712. The molecule has 1 rings (SSSR count). The summed E-state index contributed by atoms with van der Waals surface area (Å²) in [6.45, 7) is 5.79. The molecule has 1 radical (unpaired) electrons. The summed E-state index contributed by atoms with van der Waals surface area (Å²) in [4.78, 5) is 3.08. The van der Waals surface area contributed by atoms with E-state index in [1.807, 2.05) is 13.1 Å². The second-order valence-corrected chi connectivity index (χ2v) is 1.94. The molecule has 0 aromatic carbocycles. The summed E-state index contributed by atoms with van der Waals surface area (Å²) in [5.41, 5.74) is 2.49. The highest BCUT2D eigenvalue weighted by Crippen LogP contribution is 2.00. The third kappa shape index (κ3) is 0.915. The van der Waals surface area contributed by atoms with Gasteiger partial charge < -0.3 is 4.98 Å². The summed E-state index contributed by atoms with van der Waals surface area (Å²) in [7, 11) is 0. The van der Waals surface area contributed by atoms with Gasteiger partial charge in [0, 0.05) is 11.9 Å². The number of aromatic amines is 1. The van der Waals surface area contributed by atoms with Gasteiger partial charge in [0.05, 0.1) is 0 Å². The lowest BCUT2D eigenvalue weighted by molar-refractivity contribution is 1.25. The lowest BCUT2D eigenvalue weighted by Crippen LogP contribution is -1.68. The lowest BCUT2D eigenvalue weighted by atomic mass is 10.2. The van der Waals surface area contributed by atoms with Crippen LogP contribution in [0.5, 0.6) is 0 Å². The van der Waals surface area contributed by atoms with Gasteiger partial charge in [-0.1, -0.05) is 0 Å². The van der Waals surface area contributed by atoms with E-state index in [-0.39, 0.29) is 0 Å². The molecule has 0 saturated carbocycles. The van der Waals surface area contributed by atoms with E-state index in [1.165, 1.54) is 11.3 Å². The van der Waals surface area contributed by atoms with Gasteiger partial charge in [0.25, 0.3) is 0 Å². The molecule has 1 nitrogen and oxygen atoms in total. The third-order valence-corrected chi connectivity index (χ3v) is 1.18. The van der Waals surface area contributed by atoms with E-state index in [9.17, 15) is 0 Å². The van der Waals surface area contributed by atoms with Crippen molar-refractivity contribution in [2.24, 2.45) is 0 Å². The molecule has 1 aromatic rings. The maximum absolute atomic E-state index is 3.75. The maximum Gasteiger partial charge on any atom is 0.0118 e. The highest BCUT2D eigenvalue weighted by molar-refractivity contribution is 5.15. The number of nitrogens with one attached hydrogen (secondary N) is 1. The second kappa shape index (κ2) is 2.03. The van der Waals surface area contributed by atoms with Gasteiger partial charge in [-0.15, -0.1) is 0 Å². The molecule has 0 aliphatic rings. The van der Waals surface area contributed by atoms with Crippen molar-refractivity contribution in [3.8, 4) is 0 Å². The quantitative estimate of drug-likeness (QED) is 0.563. The number of rotatable bonds is 1. The summed E-state index contributed by atoms with van der Waals surface area (Å²) >= 11 is 0. The Morgan fingerprint density at radius 2 is 2.50 bits per heavy atom. The smallest absolute Gasteiger partial charge is 0.0118 e. The van der Waals surface area contributed by atoms with E-state index in [0.29, 0.717) is 0 Å². The van der Waals surface area contributed by atoms with Gasteiger partial charge in [-0.05, 0) is 31.9 Å². The molecule has 0 bridgehead atoms. The van der Waals surface area contributed by atoms with E-state index in [1.54, 1.807) is 0 Å². The number of aromatic nitrogens is 1. The van der Waals surface area contributed by atoms with Gasteiger partial charge in [0.1, 0.15) is 0 Å². The molecule has 0 fully saturated rings. The van der Waals surface area contributed by atoms with Crippen LogP contribution < -0.4 is 0 Å². The molecule has 1 N–H and O–H groups in total. The molecule has 0 aliphatic heterocycles. The number of hydrogen-bond donors (Lipinski definition) is 1. The van der Waals surface area contributed by atoms with Gasteiger partial charge in [-0.25, -0.2) is 0 Å². The van der Waals surface area contributed by atoms with Crippen LogP contribution in [-0.2, 0) is 6.42 Å². The standard InChI is InChI=1S/C7H10N/c1-3-7-4-6(2)8-5-7/h4-5,8H,1,3H2,2H3. The first kappa shape index (κ1) is 5.42. The minimum atomic E-state index is 0.879. The van der Waals surface area contributed by atoms with Crippen LogP contribution in [0, 0.1) is 13.8 Å². The maximum atomic E-state index is 3.75. The monoisotopic (exact) mass is 108 g/mol. The van der Waals surface area contributed by atoms with Gasteiger partial charge in [0.2, 0.25) is 0 Å². The van der Waals surface area contributed by atoms with Crippen molar-refractivity contribution < 1.29 is 0 Å². The number of H-pyrrole nitrogens is 1. The van der Waals surface area contributed by atoms with Gasteiger partial charge in [-0.3, -0.25) is 0 Å². The van der Waals surface area contributed by atoms with E-state index < -0.39 is 0 Å². The van der Waals surface area contributed by atoms with Crippen molar-refractivity contribution in [1.82, 2.24) is 4.98 Å². The molecule has 0 saturated heterocycles. The molecule has 43 valence electrons. The van der Waals surface area contributed by atoms with Gasteiger partial charge >= 0.3 is 0 Å². The molecule has 0 unspecified atom stereocenters. The predicted molar refractivity (Wildman–Crippen MR) is 34.6 cm³/mol. The zero-order valence-electron chi connectivity index (χ0n) is 5.07. The molecule has 0 amide bonds. The van der Waals surface area contributed by atoms with E-state index in [4.69, 9.17) is 0 Å². The van der Waals surface area contributed by atoms with E-state index >= 15 is 0 Å². The first-order chi connectivity index (χ1) is 3.83. The van der Waals surface area contributed by atoms with E-state index in [0.717, 1.165) is 6.42 Å². The Balaban J connectivity index is 2.84. The normalized spacial score (nSPS) is 9.75. The van der Waals surface area contributed by atoms with Crippen molar-refractivity contribution in [3.63, 3.8) is 0 Å². The Kier molecular flexibility index (Phi) is 1.38. The fraction of sp³-hybridized carbons (Fsp3) is 0.286. The van der Waals surface area contributed by atoms with Crippen LogP contribution in [0.2, 0.25) is 0 Å². The number of aryl methyl sites for hydroxylation is 1. The predicted octanol–water partition coefficient (Wildman–Crippen LogP) is 1.70. The van der Waals surface area contributed by atoms with Crippen LogP contribution in [0.15, 0.2) is 12.3 Å². The van der Waals surface area contributed by atoms with Crippen LogP contribution in [0.1, 0.15) is 11.3 Å². The summed E-state index contributed by atoms with van der Waals surface area (Å²) in [6.07, 6.45) is 2.87. The minimum Gasteiger partial charge on any atom is -0.365 e. The van der Waals surface area contributed by atoms with Crippen LogP contribution >= 0.6 is 0 Å². The molecular formula is C7H10N. The van der Waals surface area contributed by atoms with Crippen LogP contribution in [0.3, 0.4) is 0 Å². The molecule has 0 aliphatic carbocycles. The Morgan fingerprint density at radius 1 is 1.75 bits per heavy atom. The largest absolute Gasteiger partial charge is 0.365 e. The zero-order chi connectivity index (χ0) is 5.98. The average Bonchev–Trinajstić information content (AvgIpc) is 2.14. The van der Waals surface area contributed by atoms with Gasteiger partial charge in [-0.2, -0.15) is 0 Å². The zero-order valence-corrected chi connectivity index (χ0v) is 5.07. The molecular weight excluding hydrogens is 98.1 g/mol. The molecule has 0 spiro atoms. The highest BCUT2D eigenvalue weighted by Gasteiger charge is 1.88. The third-order valence-electron chi connectivity index (χ3n) is 1.18. The van der Waals surface area contributed by atoms with Crippen LogP contribution in [0.25, 0.3) is 0 Å². The van der Waals surface area contributed by atoms with Crippen molar-refractivity contribution >= 4 is 0 Å². The van der Waals surface area contributed by atoms with Crippen LogP contribution in [0.4, 0.5) is 0 Å². The second-order valence-electron chi connectivity index (χ2n) is 1.94. The topological polar surface area (TPSA) is 15.8 Å². The van der Waals surface area contributed by atoms with Crippen molar-refractivity contribution in [2.45, 2.75) is 13.3 Å². The molecule has 1 aromatic heterocycles. The van der Waals surface area contributed by atoms with Crippen molar-refractivity contribution in [2.75, 3.05) is 0 Å². The number of hydrogen-bond acceptors (Lipinski definition) is 0. The Hall–Kier alpha value is -0.720. The SMILES string of the molecule is [CH2]Cc1c[nH]c(C)c1. The van der Waals surface area contributed by atoms with Crippen molar-refractivity contribution in [3.05, 3.63) is 30.4 Å². The summed E-state index contributed by atoms with van der Waals surface area (Å²) < 4.78 is 0. The van der Waals surface area contributed by atoms with Crippen LogP contribution in [-0.4, -0.2) is 4.98 Å². The lowest BCUT2D eigenvalue weighted by Gasteiger charge is -1.79. The summed E-state index contributed by atoms with van der Waals surface area (Å²) in [5.74, 6) is 0. The van der Waals surface area contributed by atoms with E-state index in [2.05, 4.69) is 18.0 Å². The Morgan fingerprint density at radius 3 is 2.75 bits per heavy atom. The van der Waals surface area contributed by atoms with Gasteiger partial charge in [0.15, 0.2) is 0 Å².